The predicted molar refractivity (Wildman–Crippen MR) is 145 cm³/mol. The number of halogens is 2. The molecule has 0 aromatic heterocycles. The van der Waals surface area contributed by atoms with E-state index < -0.39 is 0 Å². The monoisotopic (exact) mass is 548 g/mol. The lowest BCUT2D eigenvalue weighted by Gasteiger charge is -2.41. The molecule has 0 aliphatic heterocycles. The van der Waals surface area contributed by atoms with E-state index in [0.29, 0.717) is 0 Å². The topological polar surface area (TPSA) is 0 Å². The van der Waals surface area contributed by atoms with Gasteiger partial charge in [-0.25, -0.2) is 0 Å². The second-order valence-corrected chi connectivity index (χ2v) is 11.2. The molecule has 2 aromatic carbocycles. The van der Waals surface area contributed by atoms with Gasteiger partial charge in [0.15, 0.2) is 0 Å². The first-order chi connectivity index (χ1) is 15.0. The van der Waals surface area contributed by atoms with E-state index in [-0.39, 0.29) is 5.41 Å². The van der Waals surface area contributed by atoms with Gasteiger partial charge in [0.1, 0.15) is 0 Å². The molecule has 31 heavy (non-hydrogen) atoms. The summed E-state index contributed by atoms with van der Waals surface area (Å²) in [4.78, 5) is 0. The fourth-order valence-corrected chi connectivity index (χ4v) is 5.96. The lowest BCUT2D eigenvalue weighted by molar-refractivity contribution is 0.261. The summed E-state index contributed by atoms with van der Waals surface area (Å²) >= 11 is 7.57. The molecule has 0 aliphatic rings. The molecule has 0 amide bonds. The van der Waals surface area contributed by atoms with Gasteiger partial charge in [-0.3, -0.25) is 0 Å². The molecule has 0 aliphatic carbocycles. The molecule has 0 saturated carbocycles. The van der Waals surface area contributed by atoms with Crippen molar-refractivity contribution in [2.45, 2.75) is 97.3 Å². The average Bonchev–Trinajstić information content (AvgIpc) is 2.78. The van der Waals surface area contributed by atoms with Crippen molar-refractivity contribution in [1.29, 1.82) is 0 Å². The van der Waals surface area contributed by atoms with Gasteiger partial charge in [-0.05, 0) is 60.1 Å². The van der Waals surface area contributed by atoms with E-state index in [1.54, 1.807) is 0 Å². The van der Waals surface area contributed by atoms with Gasteiger partial charge in [0.05, 0.1) is 0 Å². The van der Waals surface area contributed by atoms with E-state index in [9.17, 15) is 0 Å². The molecule has 172 valence electrons. The largest absolute Gasteiger partial charge is 0.0654 e. The first-order valence-corrected chi connectivity index (χ1v) is 14.1. The summed E-state index contributed by atoms with van der Waals surface area (Å²) in [6, 6.07) is 18.3. The maximum Gasteiger partial charge on any atom is 0.0209 e. The van der Waals surface area contributed by atoms with Crippen molar-refractivity contribution in [3.63, 3.8) is 0 Å². The Morgan fingerprint density at radius 2 is 1.10 bits per heavy atom. The molecule has 0 saturated heterocycles. The van der Waals surface area contributed by atoms with Crippen molar-refractivity contribution >= 4 is 31.9 Å². The van der Waals surface area contributed by atoms with Gasteiger partial charge in [-0.1, -0.05) is 135 Å². The molecular weight excluding hydrogens is 508 g/mol. The fraction of sp³-hybridized carbons (Fsp3) is 0.586. The third kappa shape index (κ3) is 7.74. The third-order valence-corrected chi connectivity index (χ3v) is 8.10. The third-order valence-electron chi connectivity index (χ3n) is 7.12. The number of unbranched alkanes of at least 4 members (excludes halogenated alkanes) is 2. The Morgan fingerprint density at radius 3 is 1.42 bits per heavy atom. The molecule has 0 fully saturated rings. The van der Waals surface area contributed by atoms with Gasteiger partial charge in [0.25, 0.3) is 0 Å². The van der Waals surface area contributed by atoms with Crippen molar-refractivity contribution in [1.82, 2.24) is 0 Å². The summed E-state index contributed by atoms with van der Waals surface area (Å²) in [7, 11) is 0. The number of hydrogen-bond donors (Lipinski definition) is 0. The van der Waals surface area contributed by atoms with Gasteiger partial charge in [-0.15, -0.1) is 0 Å². The first-order valence-electron chi connectivity index (χ1n) is 12.5. The molecular formula is C29H42Br2. The van der Waals surface area contributed by atoms with Gasteiger partial charge in [0, 0.05) is 14.4 Å². The Hall–Kier alpha value is -0.600. The highest BCUT2D eigenvalue weighted by atomic mass is 79.9. The van der Waals surface area contributed by atoms with Gasteiger partial charge < -0.3 is 0 Å². The Kier molecular flexibility index (Phi) is 11.9. The standard InChI is InChI=1S/C29H42Br2/c1-5-9-13-23(7-3)21-29(22-24(8-4)14-10-6-2,25-15-11-17-27(30)19-25)26-16-12-18-28(31)20-26/h11-12,15-20,23-24H,5-10,13-14,21-22H2,1-4H3. The molecule has 0 radical (unpaired) electrons. The minimum atomic E-state index is 0.0520. The summed E-state index contributed by atoms with van der Waals surface area (Å²) in [6.45, 7) is 9.42. The summed E-state index contributed by atoms with van der Waals surface area (Å²) in [5.41, 5.74) is 3.01. The molecule has 2 rings (SSSR count). The number of benzene rings is 2. The van der Waals surface area contributed by atoms with Crippen LogP contribution in [-0.4, -0.2) is 0 Å². The zero-order valence-corrected chi connectivity index (χ0v) is 23.3. The Morgan fingerprint density at radius 1 is 0.677 bits per heavy atom. The molecule has 2 unspecified atom stereocenters. The van der Waals surface area contributed by atoms with Crippen LogP contribution in [0.25, 0.3) is 0 Å². The van der Waals surface area contributed by atoms with Crippen LogP contribution in [0.2, 0.25) is 0 Å². The van der Waals surface area contributed by atoms with E-state index in [0.717, 1.165) is 11.8 Å². The highest BCUT2D eigenvalue weighted by Gasteiger charge is 2.38. The van der Waals surface area contributed by atoms with Crippen molar-refractivity contribution in [3.8, 4) is 0 Å². The average molecular weight is 550 g/mol. The van der Waals surface area contributed by atoms with Crippen LogP contribution in [0.3, 0.4) is 0 Å². The smallest absolute Gasteiger partial charge is 0.0209 e. The molecule has 2 heteroatoms. The highest BCUT2D eigenvalue weighted by Crippen LogP contribution is 2.47. The van der Waals surface area contributed by atoms with E-state index in [4.69, 9.17) is 0 Å². The molecule has 0 N–H and O–H groups in total. The maximum absolute atomic E-state index is 3.78. The minimum Gasteiger partial charge on any atom is -0.0654 e. The normalized spacial score (nSPS) is 13.9. The van der Waals surface area contributed by atoms with E-state index in [1.807, 2.05) is 0 Å². The first kappa shape index (κ1) is 26.7. The zero-order valence-electron chi connectivity index (χ0n) is 20.1. The Labute approximate surface area is 208 Å². The van der Waals surface area contributed by atoms with Crippen LogP contribution in [0.15, 0.2) is 57.5 Å². The van der Waals surface area contributed by atoms with Gasteiger partial charge in [-0.2, -0.15) is 0 Å². The van der Waals surface area contributed by atoms with Crippen LogP contribution in [-0.2, 0) is 5.41 Å². The predicted octanol–water partition coefficient (Wildman–Crippen LogP) is 10.7. The molecule has 0 spiro atoms. The Bertz CT molecular complexity index is 701. The maximum atomic E-state index is 3.78. The lowest BCUT2D eigenvalue weighted by atomic mass is 9.63. The zero-order chi connectivity index (χ0) is 22.7. The fourth-order valence-electron chi connectivity index (χ4n) is 5.17. The summed E-state index contributed by atoms with van der Waals surface area (Å²) in [5, 5.41) is 0. The number of rotatable bonds is 14. The molecule has 0 bridgehead atoms. The van der Waals surface area contributed by atoms with Crippen molar-refractivity contribution in [2.24, 2.45) is 11.8 Å². The minimum absolute atomic E-state index is 0.0520. The van der Waals surface area contributed by atoms with Crippen molar-refractivity contribution in [3.05, 3.63) is 68.6 Å². The second-order valence-electron chi connectivity index (χ2n) is 9.34. The molecule has 0 heterocycles. The highest BCUT2D eigenvalue weighted by molar-refractivity contribution is 9.10. The van der Waals surface area contributed by atoms with Crippen molar-refractivity contribution in [2.75, 3.05) is 0 Å². The SMILES string of the molecule is CCCCC(CC)CC(CC(CC)CCCC)(c1cccc(Br)c1)c1cccc(Br)c1. The van der Waals surface area contributed by atoms with Crippen LogP contribution < -0.4 is 0 Å². The van der Waals surface area contributed by atoms with Crippen LogP contribution in [0.4, 0.5) is 0 Å². The van der Waals surface area contributed by atoms with Crippen molar-refractivity contribution < 1.29 is 0 Å². The molecule has 2 aromatic rings. The lowest BCUT2D eigenvalue weighted by Crippen LogP contribution is -2.33. The summed E-state index contributed by atoms with van der Waals surface area (Å²) < 4.78 is 2.38. The van der Waals surface area contributed by atoms with E-state index >= 15 is 0 Å². The molecule has 0 nitrogen and oxygen atoms in total. The van der Waals surface area contributed by atoms with Gasteiger partial charge >= 0.3 is 0 Å². The number of hydrogen-bond acceptors (Lipinski definition) is 0. The van der Waals surface area contributed by atoms with E-state index in [1.165, 1.54) is 84.3 Å². The summed E-state index contributed by atoms with van der Waals surface area (Å²) in [5.74, 6) is 1.50. The quantitative estimate of drug-likeness (QED) is 0.220. The van der Waals surface area contributed by atoms with E-state index in [2.05, 4.69) is 108 Å². The van der Waals surface area contributed by atoms with Gasteiger partial charge in [0.2, 0.25) is 0 Å². The summed E-state index contributed by atoms with van der Waals surface area (Å²) in [6.07, 6.45) is 12.9. The molecule has 2 atom stereocenters. The Balaban J connectivity index is 2.63. The van der Waals surface area contributed by atoms with Crippen LogP contribution in [0.1, 0.15) is 103 Å². The van der Waals surface area contributed by atoms with Crippen LogP contribution >= 0.6 is 31.9 Å². The van der Waals surface area contributed by atoms with Crippen LogP contribution in [0, 0.1) is 11.8 Å². The second kappa shape index (κ2) is 13.8. The van der Waals surface area contributed by atoms with Crippen LogP contribution in [0.5, 0.6) is 0 Å².